The Balaban J connectivity index is 1.29. The number of fused-ring (bicyclic) bond motifs is 1. The summed E-state index contributed by atoms with van der Waals surface area (Å²) in [5, 5.41) is 8.04. The number of benzene rings is 2. The van der Waals surface area contributed by atoms with Crippen LogP contribution in [-0.4, -0.2) is 67.2 Å². The number of amides is 1. The van der Waals surface area contributed by atoms with Crippen LogP contribution in [0, 0.1) is 11.7 Å². The lowest BCUT2D eigenvalue weighted by molar-refractivity contribution is -0.111. The number of aromatic nitrogens is 2. The number of hydrogen-bond acceptors (Lipinski definition) is 9. The predicted octanol–water partition coefficient (Wildman–Crippen LogP) is 5.17. The topological polar surface area (TPSA) is 95.1 Å². The number of halogens is 2. The van der Waals surface area contributed by atoms with E-state index in [0.717, 1.165) is 37.3 Å². The molecule has 42 heavy (non-hydrogen) atoms. The Morgan fingerprint density at radius 2 is 2.05 bits per heavy atom. The van der Waals surface area contributed by atoms with E-state index >= 15 is 0 Å². The van der Waals surface area contributed by atoms with Gasteiger partial charge in [-0.05, 0) is 55.8 Å². The minimum absolute atomic E-state index is 0.0587. The second-order valence-electron chi connectivity index (χ2n) is 10.8. The van der Waals surface area contributed by atoms with Crippen LogP contribution in [0.1, 0.15) is 24.4 Å². The van der Waals surface area contributed by atoms with Gasteiger partial charge in [-0.3, -0.25) is 9.63 Å². The lowest BCUT2D eigenvalue weighted by Crippen LogP contribution is -2.32. The second-order valence-corrected chi connectivity index (χ2v) is 11.2. The summed E-state index contributed by atoms with van der Waals surface area (Å²) in [6.07, 6.45) is 4.54. The van der Waals surface area contributed by atoms with Crippen molar-refractivity contribution in [3.05, 3.63) is 71.8 Å². The largest absolute Gasteiger partial charge is 0.494 e. The molecule has 3 fully saturated rings. The molecular formula is C30H33ClFN7O3. The number of nitrogens with one attached hydrogen (secondary N) is 2. The molecule has 0 radical (unpaired) electrons. The molecule has 2 N–H and O–H groups in total. The summed E-state index contributed by atoms with van der Waals surface area (Å²) < 4.78 is 19.6. The van der Waals surface area contributed by atoms with Gasteiger partial charge >= 0.3 is 0 Å². The highest BCUT2D eigenvalue weighted by molar-refractivity contribution is 6.30. The van der Waals surface area contributed by atoms with Crippen molar-refractivity contribution in [3.63, 3.8) is 0 Å². The molecule has 3 aliphatic rings. The summed E-state index contributed by atoms with van der Waals surface area (Å²) in [6, 6.07) is 10.5. The van der Waals surface area contributed by atoms with Gasteiger partial charge in [0.05, 0.1) is 41.8 Å². The number of likely N-dealkylation sites (tertiary alicyclic amines) is 1. The third-order valence-corrected chi connectivity index (χ3v) is 8.59. The van der Waals surface area contributed by atoms with E-state index in [1.54, 1.807) is 30.4 Å². The second kappa shape index (κ2) is 11.7. The van der Waals surface area contributed by atoms with Gasteiger partial charge in [0.1, 0.15) is 23.7 Å². The Hall–Kier alpha value is -3.93. The maximum absolute atomic E-state index is 13.8. The van der Waals surface area contributed by atoms with Crippen LogP contribution in [0.5, 0.6) is 5.75 Å². The smallest absolute Gasteiger partial charge is 0.247 e. The average molecular weight is 594 g/mol. The van der Waals surface area contributed by atoms with Crippen molar-refractivity contribution in [2.24, 2.45) is 5.92 Å². The van der Waals surface area contributed by atoms with Crippen LogP contribution in [0.4, 0.5) is 33.1 Å². The average Bonchev–Trinajstić information content (AvgIpc) is 3.73. The van der Waals surface area contributed by atoms with E-state index in [2.05, 4.69) is 44.0 Å². The monoisotopic (exact) mass is 593 g/mol. The number of hydrogen-bond donors (Lipinski definition) is 2. The Bertz CT molecular complexity index is 1510. The van der Waals surface area contributed by atoms with Crippen LogP contribution < -0.4 is 25.3 Å². The summed E-state index contributed by atoms with van der Waals surface area (Å²) >= 11 is 6.05. The van der Waals surface area contributed by atoms with Gasteiger partial charge in [-0.25, -0.2) is 19.4 Å². The van der Waals surface area contributed by atoms with Crippen molar-refractivity contribution in [1.29, 1.82) is 0 Å². The van der Waals surface area contributed by atoms with Crippen molar-refractivity contribution in [1.82, 2.24) is 14.9 Å². The SMILES string of the molecule is C=CC(=O)Nc1cc(Nc2cc(N3OCC[C@@H]3c3ccc(F)c(Cl)c3)ncn2)c(OC)cc1N1C[C@H]2CCN(C)[C@H]2C1. The summed E-state index contributed by atoms with van der Waals surface area (Å²) in [7, 11) is 3.78. The number of rotatable bonds is 8. The lowest BCUT2D eigenvalue weighted by Gasteiger charge is -2.26. The molecule has 3 atom stereocenters. The Morgan fingerprint density at radius 1 is 1.19 bits per heavy atom. The molecule has 3 saturated heterocycles. The number of methoxy groups -OCH3 is 1. The number of carbonyl (C=O) groups excluding carboxylic acids is 1. The highest BCUT2D eigenvalue weighted by atomic mass is 35.5. The van der Waals surface area contributed by atoms with Gasteiger partial charge in [0.25, 0.3) is 0 Å². The van der Waals surface area contributed by atoms with Crippen molar-refractivity contribution in [2.45, 2.75) is 24.9 Å². The molecule has 0 spiro atoms. The van der Waals surface area contributed by atoms with Crippen LogP contribution in [0.15, 0.2) is 55.4 Å². The summed E-state index contributed by atoms with van der Waals surface area (Å²) in [5.41, 5.74) is 2.98. The van der Waals surface area contributed by atoms with Gasteiger partial charge in [0, 0.05) is 37.7 Å². The first kappa shape index (κ1) is 28.2. The van der Waals surface area contributed by atoms with Gasteiger partial charge in [-0.1, -0.05) is 24.2 Å². The van der Waals surface area contributed by atoms with Crippen molar-refractivity contribution >= 4 is 46.2 Å². The number of anilines is 5. The van der Waals surface area contributed by atoms with Crippen molar-refractivity contribution < 1.29 is 18.8 Å². The Labute approximate surface area is 249 Å². The Kier molecular flexibility index (Phi) is 7.89. The normalized spacial score (nSPS) is 21.9. The van der Waals surface area contributed by atoms with Crippen LogP contribution in [0.3, 0.4) is 0 Å². The fourth-order valence-corrected chi connectivity index (χ4v) is 6.33. The van der Waals surface area contributed by atoms with Crippen LogP contribution in [0.2, 0.25) is 5.02 Å². The van der Waals surface area contributed by atoms with E-state index in [4.69, 9.17) is 21.2 Å². The summed E-state index contributed by atoms with van der Waals surface area (Å²) in [6.45, 7) is 6.98. The van der Waals surface area contributed by atoms with Gasteiger partial charge in [0.2, 0.25) is 5.91 Å². The molecule has 0 aliphatic carbocycles. The highest BCUT2D eigenvalue weighted by Crippen LogP contribution is 2.42. The minimum Gasteiger partial charge on any atom is -0.494 e. The maximum Gasteiger partial charge on any atom is 0.247 e. The van der Waals surface area contributed by atoms with E-state index in [1.807, 2.05) is 12.1 Å². The number of nitrogens with zero attached hydrogens (tertiary/aromatic N) is 5. The first-order valence-electron chi connectivity index (χ1n) is 13.9. The fraction of sp³-hybridized carbons (Fsp3) is 0.367. The third kappa shape index (κ3) is 5.47. The summed E-state index contributed by atoms with van der Waals surface area (Å²) in [4.78, 5) is 31.9. The number of likely N-dealkylation sites (N-methyl/N-ethyl adjacent to an activating group) is 1. The van der Waals surface area contributed by atoms with E-state index < -0.39 is 5.82 Å². The Morgan fingerprint density at radius 3 is 2.81 bits per heavy atom. The summed E-state index contributed by atoms with van der Waals surface area (Å²) in [5.74, 6) is 1.44. The number of carbonyl (C=O) groups is 1. The van der Waals surface area contributed by atoms with Crippen LogP contribution >= 0.6 is 11.6 Å². The first-order valence-corrected chi connectivity index (χ1v) is 14.3. The van der Waals surface area contributed by atoms with Crippen molar-refractivity contribution in [2.75, 3.05) is 61.0 Å². The molecule has 12 heteroatoms. The molecule has 0 saturated carbocycles. The van der Waals surface area contributed by atoms with Crippen molar-refractivity contribution in [3.8, 4) is 5.75 Å². The standard InChI is InChI=1S/C30H33ClFN7O3/c1-4-30(40)36-22-12-23(27(41-3)13-25(22)38-15-19-7-9-37(2)26(19)16-38)35-28-14-29(34-17-33-28)39-24(8-10-42-39)18-5-6-21(32)20(31)11-18/h4-6,11-14,17,19,24,26H,1,7-10,15-16H2,2-3H3,(H,36,40)(H,33,34,35)/t19-,24-,26+/m1/s1. The lowest BCUT2D eigenvalue weighted by atomic mass is 10.0. The molecule has 3 aliphatic heterocycles. The quantitative estimate of drug-likeness (QED) is 0.343. The molecule has 0 unspecified atom stereocenters. The molecule has 4 heterocycles. The van der Waals surface area contributed by atoms with Gasteiger partial charge in [0.15, 0.2) is 5.82 Å². The number of hydroxylamine groups is 1. The molecule has 3 aromatic rings. The minimum atomic E-state index is -0.469. The van der Waals surface area contributed by atoms with E-state index in [9.17, 15) is 9.18 Å². The zero-order valence-corrected chi connectivity index (χ0v) is 24.3. The zero-order chi connectivity index (χ0) is 29.4. The van der Waals surface area contributed by atoms with Gasteiger partial charge in [-0.2, -0.15) is 0 Å². The fourth-order valence-electron chi connectivity index (χ4n) is 6.14. The molecule has 0 bridgehead atoms. The molecule has 1 aromatic heterocycles. The van der Waals surface area contributed by atoms with E-state index in [1.165, 1.54) is 18.5 Å². The maximum atomic E-state index is 13.8. The van der Waals surface area contributed by atoms with Gasteiger partial charge < -0.3 is 25.2 Å². The first-order chi connectivity index (χ1) is 20.3. The molecular weight excluding hydrogens is 561 g/mol. The zero-order valence-electron chi connectivity index (χ0n) is 23.5. The van der Waals surface area contributed by atoms with E-state index in [0.29, 0.717) is 53.7 Å². The molecule has 1 amide bonds. The molecule has 2 aromatic carbocycles. The number of ether oxygens (including phenoxy) is 1. The molecule has 10 nitrogen and oxygen atoms in total. The molecule has 220 valence electrons. The molecule has 6 rings (SSSR count). The highest BCUT2D eigenvalue weighted by Gasteiger charge is 2.40. The van der Waals surface area contributed by atoms with E-state index in [-0.39, 0.29) is 17.0 Å². The van der Waals surface area contributed by atoms with Crippen LogP contribution in [0.25, 0.3) is 0 Å². The third-order valence-electron chi connectivity index (χ3n) is 8.30. The van der Waals surface area contributed by atoms with Gasteiger partial charge in [-0.15, -0.1) is 0 Å². The predicted molar refractivity (Wildman–Crippen MR) is 161 cm³/mol. The van der Waals surface area contributed by atoms with Crippen LogP contribution in [-0.2, 0) is 9.63 Å².